The number of benzene rings is 1. The number of rotatable bonds is 5. The molecule has 3 aromatic rings. The summed E-state index contributed by atoms with van der Waals surface area (Å²) >= 11 is 0. The molecule has 0 fully saturated rings. The van der Waals surface area contributed by atoms with Crippen LogP contribution < -0.4 is 10.9 Å². The van der Waals surface area contributed by atoms with Gasteiger partial charge in [-0.1, -0.05) is 44.2 Å². The van der Waals surface area contributed by atoms with E-state index in [1.165, 1.54) is 6.07 Å². The van der Waals surface area contributed by atoms with E-state index < -0.39 is 12.1 Å². The molecule has 0 unspecified atom stereocenters. The van der Waals surface area contributed by atoms with Crippen molar-refractivity contribution >= 4 is 5.91 Å². The Balaban J connectivity index is 1.64. The van der Waals surface area contributed by atoms with Gasteiger partial charge in [-0.15, -0.1) is 0 Å². The summed E-state index contributed by atoms with van der Waals surface area (Å²) in [7, 11) is 0. The number of fused-ring (bicyclic) bond motifs is 1. The van der Waals surface area contributed by atoms with Crippen molar-refractivity contribution in [2.45, 2.75) is 32.4 Å². The van der Waals surface area contributed by atoms with E-state index in [0.29, 0.717) is 23.8 Å². The Morgan fingerprint density at radius 1 is 1.20 bits per heavy atom. The smallest absolute Gasteiger partial charge is 0.254 e. The second kappa shape index (κ2) is 8.59. The third-order valence-electron chi connectivity index (χ3n) is 5.18. The van der Waals surface area contributed by atoms with Gasteiger partial charge in [0.25, 0.3) is 11.5 Å². The predicted molar refractivity (Wildman–Crippen MR) is 113 cm³/mol. The average molecular weight is 404 g/mol. The Bertz CT molecular complexity index is 1090. The normalized spacial score (nSPS) is 16.7. The van der Waals surface area contributed by atoms with Gasteiger partial charge in [-0.05, 0) is 35.6 Å². The number of pyridine rings is 1. The quantitative estimate of drug-likeness (QED) is 0.681. The molecule has 2 aromatic heterocycles. The fraction of sp³-hybridized carbons (Fsp3) is 0.304. The summed E-state index contributed by atoms with van der Waals surface area (Å²) in [4.78, 5) is 37.0. The molecule has 1 aromatic carbocycles. The highest BCUT2D eigenvalue weighted by atomic mass is 16.5. The molecule has 4 rings (SSSR count). The maximum Gasteiger partial charge on any atom is 0.254 e. The average Bonchev–Trinajstić information content (AvgIpc) is 2.77. The molecule has 2 atom stereocenters. The molecular weight excluding hydrogens is 380 g/mol. The minimum Gasteiger partial charge on any atom is -0.363 e. The van der Waals surface area contributed by atoms with Gasteiger partial charge in [0.15, 0.2) is 11.9 Å². The van der Waals surface area contributed by atoms with Crippen LogP contribution in [0.1, 0.15) is 42.8 Å². The van der Waals surface area contributed by atoms with Crippen molar-refractivity contribution in [3.8, 4) is 11.5 Å². The van der Waals surface area contributed by atoms with Gasteiger partial charge in [0.2, 0.25) is 0 Å². The highest BCUT2D eigenvalue weighted by Gasteiger charge is 2.30. The molecule has 7 nitrogen and oxygen atoms in total. The van der Waals surface area contributed by atoms with Crippen molar-refractivity contribution in [2.75, 3.05) is 6.61 Å². The molecule has 7 heteroatoms. The van der Waals surface area contributed by atoms with Crippen LogP contribution in [0, 0.1) is 5.92 Å². The number of aromatic nitrogens is 3. The predicted octanol–water partition coefficient (Wildman–Crippen LogP) is 2.96. The molecule has 1 amide bonds. The topological polar surface area (TPSA) is 97.0 Å². The van der Waals surface area contributed by atoms with E-state index in [1.54, 1.807) is 18.3 Å². The second-order valence-corrected chi connectivity index (χ2v) is 7.66. The monoisotopic (exact) mass is 404 g/mol. The minimum atomic E-state index is -0.673. The molecule has 0 saturated carbocycles. The molecule has 1 aliphatic rings. The lowest BCUT2D eigenvalue weighted by molar-refractivity contribution is -0.135. The molecular formula is C23H24N4O3. The van der Waals surface area contributed by atoms with Crippen molar-refractivity contribution in [3.05, 3.63) is 81.9 Å². The number of aromatic amines is 1. The summed E-state index contributed by atoms with van der Waals surface area (Å²) < 4.78 is 5.79. The van der Waals surface area contributed by atoms with Gasteiger partial charge in [0.05, 0.1) is 18.3 Å². The molecule has 30 heavy (non-hydrogen) atoms. The first-order valence-electron chi connectivity index (χ1n) is 10.1. The van der Waals surface area contributed by atoms with Crippen molar-refractivity contribution in [1.29, 1.82) is 0 Å². The number of ether oxygens (including phenoxy) is 1. The lowest BCUT2D eigenvalue weighted by Gasteiger charge is -2.28. The molecule has 0 aliphatic carbocycles. The van der Waals surface area contributed by atoms with Crippen LogP contribution in [0.3, 0.4) is 0 Å². The SMILES string of the molecule is CC(C)[C@H](NC(=O)[C@@H]1OCCc2ccccc21)c1cc(=O)[nH]c(-c2ccccn2)n1. The van der Waals surface area contributed by atoms with E-state index in [-0.39, 0.29) is 17.4 Å². The van der Waals surface area contributed by atoms with Crippen LogP contribution >= 0.6 is 0 Å². The third kappa shape index (κ3) is 4.16. The number of nitrogens with one attached hydrogen (secondary N) is 2. The van der Waals surface area contributed by atoms with E-state index in [4.69, 9.17) is 4.74 Å². The molecule has 0 radical (unpaired) electrons. The zero-order valence-corrected chi connectivity index (χ0v) is 17.0. The van der Waals surface area contributed by atoms with Crippen LogP contribution in [-0.4, -0.2) is 27.5 Å². The number of carbonyl (C=O) groups is 1. The van der Waals surface area contributed by atoms with Gasteiger partial charge in [0.1, 0.15) is 5.69 Å². The number of H-pyrrole nitrogens is 1. The van der Waals surface area contributed by atoms with Gasteiger partial charge >= 0.3 is 0 Å². The number of amides is 1. The van der Waals surface area contributed by atoms with Crippen LogP contribution in [-0.2, 0) is 16.0 Å². The number of hydrogen-bond donors (Lipinski definition) is 2. The molecule has 3 heterocycles. The summed E-state index contributed by atoms with van der Waals surface area (Å²) in [5, 5.41) is 3.05. The zero-order valence-electron chi connectivity index (χ0n) is 17.0. The van der Waals surface area contributed by atoms with Gasteiger partial charge in [-0.3, -0.25) is 14.6 Å². The van der Waals surface area contributed by atoms with E-state index >= 15 is 0 Å². The lowest BCUT2D eigenvalue weighted by atomic mass is 9.95. The first kappa shape index (κ1) is 20.0. The Morgan fingerprint density at radius 3 is 2.77 bits per heavy atom. The summed E-state index contributed by atoms with van der Waals surface area (Å²) in [6.07, 6.45) is 1.76. The van der Waals surface area contributed by atoms with Gasteiger partial charge in [0, 0.05) is 12.3 Å². The fourth-order valence-corrected chi connectivity index (χ4v) is 3.68. The molecule has 154 valence electrons. The summed E-state index contributed by atoms with van der Waals surface area (Å²) in [5.74, 6) is 0.151. The fourth-order valence-electron chi connectivity index (χ4n) is 3.68. The van der Waals surface area contributed by atoms with Gasteiger partial charge in [-0.25, -0.2) is 4.98 Å². The van der Waals surface area contributed by atoms with Gasteiger partial charge in [-0.2, -0.15) is 0 Å². The largest absolute Gasteiger partial charge is 0.363 e. The Kier molecular flexibility index (Phi) is 5.72. The Morgan fingerprint density at radius 2 is 2.00 bits per heavy atom. The minimum absolute atomic E-state index is 0.0127. The van der Waals surface area contributed by atoms with E-state index in [0.717, 1.165) is 17.5 Å². The maximum absolute atomic E-state index is 13.1. The molecule has 2 N–H and O–H groups in total. The van der Waals surface area contributed by atoms with Crippen molar-refractivity contribution in [2.24, 2.45) is 5.92 Å². The van der Waals surface area contributed by atoms with Crippen LogP contribution in [0.5, 0.6) is 0 Å². The van der Waals surface area contributed by atoms with Crippen molar-refractivity contribution < 1.29 is 9.53 Å². The van der Waals surface area contributed by atoms with Crippen molar-refractivity contribution in [3.63, 3.8) is 0 Å². The third-order valence-corrected chi connectivity index (χ3v) is 5.18. The zero-order chi connectivity index (χ0) is 21.1. The van der Waals surface area contributed by atoms with E-state index in [9.17, 15) is 9.59 Å². The lowest BCUT2D eigenvalue weighted by Crippen LogP contribution is -2.38. The number of nitrogens with zero attached hydrogens (tertiary/aromatic N) is 2. The highest BCUT2D eigenvalue weighted by Crippen LogP contribution is 2.29. The van der Waals surface area contributed by atoms with Crippen LogP contribution in [0.15, 0.2) is 59.5 Å². The molecule has 0 bridgehead atoms. The highest BCUT2D eigenvalue weighted by molar-refractivity contribution is 5.83. The van der Waals surface area contributed by atoms with E-state index in [2.05, 4.69) is 20.3 Å². The van der Waals surface area contributed by atoms with E-state index in [1.807, 2.05) is 44.2 Å². The first-order chi connectivity index (χ1) is 14.5. The molecule has 0 saturated heterocycles. The van der Waals surface area contributed by atoms with Crippen molar-refractivity contribution in [1.82, 2.24) is 20.3 Å². The summed E-state index contributed by atoms with van der Waals surface area (Å²) in [6.45, 7) is 4.45. The molecule has 0 spiro atoms. The standard InChI is InChI=1S/C23H24N4O3/c1-14(2)20(18-13-19(28)26-22(25-18)17-9-5-6-11-24-17)27-23(29)21-16-8-4-3-7-15(16)10-12-30-21/h3-9,11,13-14,20-21H,10,12H2,1-2H3,(H,27,29)(H,25,26,28)/t20-,21+/m0/s1. The summed E-state index contributed by atoms with van der Waals surface area (Å²) in [6, 6.07) is 14.2. The number of hydrogen-bond acceptors (Lipinski definition) is 5. The summed E-state index contributed by atoms with van der Waals surface area (Å²) in [5.41, 5.74) is 2.77. The van der Waals surface area contributed by atoms with Crippen LogP contribution in [0.2, 0.25) is 0 Å². The van der Waals surface area contributed by atoms with Crippen LogP contribution in [0.4, 0.5) is 0 Å². The maximum atomic E-state index is 13.1. The Labute approximate surface area is 174 Å². The van der Waals surface area contributed by atoms with Gasteiger partial charge < -0.3 is 15.0 Å². The number of carbonyl (C=O) groups excluding carboxylic acids is 1. The van der Waals surface area contributed by atoms with Crippen LogP contribution in [0.25, 0.3) is 11.5 Å². The Hall–Kier alpha value is -3.32. The first-order valence-corrected chi connectivity index (χ1v) is 10.1. The second-order valence-electron chi connectivity index (χ2n) is 7.66. The molecule has 1 aliphatic heterocycles.